The van der Waals surface area contributed by atoms with E-state index in [2.05, 4.69) is 0 Å². The predicted octanol–water partition coefficient (Wildman–Crippen LogP) is 1.57. The lowest BCUT2D eigenvalue weighted by molar-refractivity contribution is 0.392. The summed E-state index contributed by atoms with van der Waals surface area (Å²) in [5.41, 5.74) is 7.08. The summed E-state index contributed by atoms with van der Waals surface area (Å²) < 4.78 is 12.4. The summed E-state index contributed by atoms with van der Waals surface area (Å²) in [7, 11) is 3.22. The third-order valence-electron chi connectivity index (χ3n) is 3.10. The van der Waals surface area contributed by atoms with Crippen LogP contribution in [-0.2, 0) is 6.54 Å². The van der Waals surface area contributed by atoms with Gasteiger partial charge in [0, 0.05) is 36.6 Å². The molecule has 1 aromatic heterocycles. The van der Waals surface area contributed by atoms with Crippen LogP contribution in [0.1, 0.15) is 11.6 Å². The van der Waals surface area contributed by atoms with Crippen molar-refractivity contribution in [2.75, 3.05) is 14.2 Å². The van der Waals surface area contributed by atoms with E-state index in [4.69, 9.17) is 15.2 Å². The Labute approximate surface area is 117 Å². The van der Waals surface area contributed by atoms with E-state index in [1.165, 1.54) is 12.1 Å². The second kappa shape index (κ2) is 6.25. The molecule has 0 aliphatic heterocycles. The van der Waals surface area contributed by atoms with Crippen LogP contribution in [0.2, 0.25) is 0 Å². The van der Waals surface area contributed by atoms with Crippen molar-refractivity contribution in [3.05, 3.63) is 58.5 Å². The summed E-state index contributed by atoms with van der Waals surface area (Å²) in [6, 6.07) is 8.29. The van der Waals surface area contributed by atoms with Gasteiger partial charge >= 0.3 is 0 Å². The molecule has 20 heavy (non-hydrogen) atoms. The molecule has 0 spiro atoms. The summed E-state index contributed by atoms with van der Waals surface area (Å²) in [6.07, 6.45) is 3.43. The maximum Gasteiger partial charge on any atom is 0.181 e. The molecule has 1 heterocycles. The molecule has 0 saturated heterocycles. The lowest BCUT2D eigenvalue weighted by Crippen LogP contribution is -2.19. The number of nitrogens with zero attached hydrogens (tertiary/aromatic N) is 1. The van der Waals surface area contributed by atoms with Gasteiger partial charge in [-0.05, 0) is 18.2 Å². The van der Waals surface area contributed by atoms with Crippen LogP contribution in [0.3, 0.4) is 0 Å². The zero-order valence-corrected chi connectivity index (χ0v) is 11.6. The third kappa shape index (κ3) is 3.19. The number of hydrogen-bond acceptors (Lipinski definition) is 4. The Morgan fingerprint density at radius 1 is 1.15 bits per heavy atom. The van der Waals surface area contributed by atoms with Gasteiger partial charge < -0.3 is 19.8 Å². The Bertz CT molecular complexity index is 617. The molecule has 1 aromatic carbocycles. The van der Waals surface area contributed by atoms with Crippen molar-refractivity contribution < 1.29 is 9.47 Å². The van der Waals surface area contributed by atoms with Gasteiger partial charge in [-0.25, -0.2) is 0 Å². The minimum atomic E-state index is -0.262. The summed E-state index contributed by atoms with van der Waals surface area (Å²) in [5, 5.41) is 0. The third-order valence-corrected chi connectivity index (χ3v) is 3.10. The van der Waals surface area contributed by atoms with Crippen LogP contribution < -0.4 is 20.6 Å². The molecule has 1 unspecified atom stereocenters. The average molecular weight is 274 g/mol. The van der Waals surface area contributed by atoms with E-state index in [0.717, 1.165) is 17.1 Å². The highest BCUT2D eigenvalue weighted by molar-refractivity contribution is 5.42. The zero-order chi connectivity index (χ0) is 14.5. The largest absolute Gasteiger partial charge is 0.497 e. The van der Waals surface area contributed by atoms with Gasteiger partial charge in [-0.1, -0.05) is 0 Å². The summed E-state index contributed by atoms with van der Waals surface area (Å²) in [4.78, 5) is 11.1. The fourth-order valence-corrected chi connectivity index (χ4v) is 2.02. The van der Waals surface area contributed by atoms with Gasteiger partial charge in [0.2, 0.25) is 0 Å². The van der Waals surface area contributed by atoms with Crippen molar-refractivity contribution in [2.24, 2.45) is 5.73 Å². The van der Waals surface area contributed by atoms with Crippen molar-refractivity contribution in [1.29, 1.82) is 0 Å². The minimum Gasteiger partial charge on any atom is -0.497 e. The second-order valence-electron chi connectivity index (χ2n) is 4.45. The molecule has 106 valence electrons. The smallest absolute Gasteiger partial charge is 0.181 e. The minimum absolute atomic E-state index is 0.0196. The fourth-order valence-electron chi connectivity index (χ4n) is 2.02. The quantitative estimate of drug-likeness (QED) is 0.898. The molecular formula is C15H18N2O3. The van der Waals surface area contributed by atoms with E-state index in [1.54, 1.807) is 26.6 Å². The van der Waals surface area contributed by atoms with E-state index in [-0.39, 0.29) is 11.5 Å². The van der Waals surface area contributed by atoms with E-state index in [1.807, 2.05) is 22.8 Å². The number of ether oxygens (including phenoxy) is 2. The summed E-state index contributed by atoms with van der Waals surface area (Å²) in [6.45, 7) is 0.545. The van der Waals surface area contributed by atoms with Crippen molar-refractivity contribution in [3.63, 3.8) is 0 Å². The summed E-state index contributed by atoms with van der Waals surface area (Å²) >= 11 is 0. The van der Waals surface area contributed by atoms with Crippen molar-refractivity contribution in [1.82, 2.24) is 4.57 Å². The molecule has 0 radical (unpaired) electrons. The Morgan fingerprint density at radius 3 is 2.45 bits per heavy atom. The molecular weight excluding hydrogens is 256 g/mol. The first-order valence-electron chi connectivity index (χ1n) is 6.27. The fraction of sp³-hybridized carbons (Fsp3) is 0.267. The van der Waals surface area contributed by atoms with E-state index < -0.39 is 0 Å². The molecule has 0 aliphatic rings. The molecule has 5 nitrogen and oxygen atoms in total. The van der Waals surface area contributed by atoms with Gasteiger partial charge in [-0.15, -0.1) is 0 Å². The number of methoxy groups -OCH3 is 2. The molecule has 5 heteroatoms. The molecule has 0 aliphatic carbocycles. The molecule has 2 N–H and O–H groups in total. The molecule has 1 atom stereocenters. The number of nitrogens with two attached hydrogens (primary N) is 1. The highest BCUT2D eigenvalue weighted by atomic mass is 16.5. The van der Waals surface area contributed by atoms with Crippen molar-refractivity contribution in [3.8, 4) is 11.5 Å². The second-order valence-corrected chi connectivity index (χ2v) is 4.45. The number of benzene rings is 1. The Balaban J connectivity index is 2.25. The lowest BCUT2D eigenvalue weighted by atomic mass is 10.1. The maximum atomic E-state index is 11.1. The number of rotatable bonds is 5. The van der Waals surface area contributed by atoms with E-state index in [9.17, 15) is 4.79 Å². The van der Waals surface area contributed by atoms with Crippen LogP contribution in [0.25, 0.3) is 0 Å². The van der Waals surface area contributed by atoms with Gasteiger partial charge in [-0.2, -0.15) is 0 Å². The van der Waals surface area contributed by atoms with Crippen molar-refractivity contribution >= 4 is 0 Å². The predicted molar refractivity (Wildman–Crippen MR) is 77.2 cm³/mol. The van der Waals surface area contributed by atoms with Crippen LogP contribution in [0.15, 0.2) is 47.5 Å². The first kappa shape index (κ1) is 14.1. The molecule has 2 aromatic rings. The first-order chi connectivity index (χ1) is 9.63. The topological polar surface area (TPSA) is 66.5 Å². The average Bonchev–Trinajstić information content (AvgIpc) is 2.48. The van der Waals surface area contributed by atoms with Gasteiger partial charge in [0.1, 0.15) is 11.5 Å². The van der Waals surface area contributed by atoms with Crippen molar-refractivity contribution in [2.45, 2.75) is 12.6 Å². The SMILES string of the molecule is COc1ccc(OC)c(C(N)Cn2ccc(=O)cc2)c1. The van der Waals surface area contributed by atoms with Crippen LogP contribution in [0.5, 0.6) is 11.5 Å². The first-order valence-corrected chi connectivity index (χ1v) is 6.27. The lowest BCUT2D eigenvalue weighted by Gasteiger charge is -2.18. The van der Waals surface area contributed by atoms with Crippen LogP contribution >= 0.6 is 0 Å². The Hall–Kier alpha value is -2.27. The number of pyridine rings is 1. The molecule has 0 saturated carbocycles. The Kier molecular flexibility index (Phi) is 4.42. The zero-order valence-electron chi connectivity index (χ0n) is 11.6. The van der Waals surface area contributed by atoms with E-state index in [0.29, 0.717) is 6.54 Å². The van der Waals surface area contributed by atoms with Gasteiger partial charge in [0.25, 0.3) is 0 Å². The monoisotopic (exact) mass is 274 g/mol. The van der Waals surface area contributed by atoms with Gasteiger partial charge in [-0.3, -0.25) is 4.79 Å². The molecule has 0 bridgehead atoms. The van der Waals surface area contributed by atoms with E-state index >= 15 is 0 Å². The standard InChI is InChI=1S/C15H18N2O3/c1-19-12-3-4-15(20-2)13(9-12)14(16)10-17-7-5-11(18)6-8-17/h3-9,14H,10,16H2,1-2H3. The van der Waals surface area contributed by atoms with Crippen LogP contribution in [0, 0.1) is 0 Å². The number of hydrogen-bond donors (Lipinski definition) is 1. The van der Waals surface area contributed by atoms with Crippen LogP contribution in [-0.4, -0.2) is 18.8 Å². The highest BCUT2D eigenvalue weighted by Crippen LogP contribution is 2.28. The highest BCUT2D eigenvalue weighted by Gasteiger charge is 2.13. The van der Waals surface area contributed by atoms with Gasteiger partial charge in [0.05, 0.1) is 20.3 Å². The summed E-state index contributed by atoms with van der Waals surface area (Å²) in [5.74, 6) is 1.45. The van der Waals surface area contributed by atoms with Gasteiger partial charge in [0.15, 0.2) is 5.43 Å². The Morgan fingerprint density at radius 2 is 1.85 bits per heavy atom. The molecule has 2 rings (SSSR count). The normalized spacial score (nSPS) is 11.9. The maximum absolute atomic E-state index is 11.1. The molecule has 0 amide bonds. The number of aromatic nitrogens is 1. The molecule has 0 fully saturated rings. The van der Waals surface area contributed by atoms with Crippen LogP contribution in [0.4, 0.5) is 0 Å².